The van der Waals surface area contributed by atoms with Crippen molar-refractivity contribution >= 4 is 11.9 Å². The van der Waals surface area contributed by atoms with Gasteiger partial charge in [-0.15, -0.1) is 0 Å². The average molecular weight is 534 g/mol. The van der Waals surface area contributed by atoms with E-state index < -0.39 is 12.1 Å². The summed E-state index contributed by atoms with van der Waals surface area (Å²) in [5, 5.41) is 11.9. The number of hydrogen-bond donors (Lipinski definition) is 2. The molecule has 1 heterocycles. The molecule has 1 aliphatic heterocycles. The number of carbonyl (C=O) groups is 2. The van der Waals surface area contributed by atoms with E-state index in [0.717, 1.165) is 39.1 Å². The number of fused-ring (bicyclic) bond motifs is 2. The second kappa shape index (κ2) is 11.0. The molecule has 7 nitrogen and oxygen atoms in total. The minimum absolute atomic E-state index is 0.0141. The Hall–Kier alpha value is -4.07. The van der Waals surface area contributed by atoms with Gasteiger partial charge in [-0.2, -0.15) is 0 Å². The number of aliphatic carboxylic acids is 1. The van der Waals surface area contributed by atoms with Gasteiger partial charge in [0.15, 0.2) is 0 Å². The van der Waals surface area contributed by atoms with E-state index in [2.05, 4.69) is 5.32 Å². The smallest absolute Gasteiger partial charge is 0.304 e. The maximum Gasteiger partial charge on any atom is 0.304 e. The Bertz CT molecular complexity index is 1410. The highest BCUT2D eigenvalue weighted by Gasteiger charge is 2.32. The van der Waals surface area contributed by atoms with Crippen molar-refractivity contribution in [3.8, 4) is 28.4 Å². The van der Waals surface area contributed by atoms with Crippen molar-refractivity contribution in [3.63, 3.8) is 0 Å². The van der Waals surface area contributed by atoms with Crippen LogP contribution in [0.25, 0.3) is 11.1 Å². The third-order valence-corrected chi connectivity index (χ3v) is 7.37. The molecule has 39 heavy (non-hydrogen) atoms. The lowest BCUT2D eigenvalue weighted by Gasteiger charge is -2.19. The molecule has 0 bridgehead atoms. The van der Waals surface area contributed by atoms with E-state index in [1.165, 1.54) is 13.0 Å². The molecule has 1 aliphatic carbocycles. The number of ether oxygens (including phenoxy) is 3. The minimum atomic E-state index is -0.861. The van der Waals surface area contributed by atoms with Crippen molar-refractivity contribution in [2.75, 3.05) is 19.8 Å². The molecule has 3 aromatic carbocycles. The molecule has 1 amide bonds. The van der Waals surface area contributed by atoms with Crippen LogP contribution >= 0.6 is 0 Å². The first-order valence-corrected chi connectivity index (χ1v) is 13.2. The molecule has 3 aromatic rings. The van der Waals surface area contributed by atoms with Crippen molar-refractivity contribution in [2.45, 2.75) is 52.1 Å². The van der Waals surface area contributed by atoms with Gasteiger partial charge in [0.25, 0.3) is 0 Å². The summed E-state index contributed by atoms with van der Waals surface area (Å²) in [7, 11) is 0. The van der Waals surface area contributed by atoms with E-state index >= 15 is 4.39 Å². The maximum atomic E-state index is 15.2. The van der Waals surface area contributed by atoms with Crippen LogP contribution in [0.5, 0.6) is 17.2 Å². The molecular formula is C31H32FNO6. The van der Waals surface area contributed by atoms with E-state index in [9.17, 15) is 9.59 Å². The molecular weight excluding hydrogens is 501 g/mol. The molecule has 2 N–H and O–H groups in total. The molecule has 0 fully saturated rings. The number of rotatable bonds is 9. The molecule has 204 valence electrons. The van der Waals surface area contributed by atoms with Crippen LogP contribution in [0.15, 0.2) is 42.5 Å². The zero-order valence-corrected chi connectivity index (χ0v) is 22.3. The fourth-order valence-electron chi connectivity index (χ4n) is 5.73. The summed E-state index contributed by atoms with van der Waals surface area (Å²) in [6, 6.07) is 12.7. The second-order valence-corrected chi connectivity index (χ2v) is 10.2. The molecule has 0 unspecified atom stereocenters. The molecule has 8 heteroatoms. The van der Waals surface area contributed by atoms with Crippen molar-refractivity contribution in [1.29, 1.82) is 0 Å². The molecule has 0 spiro atoms. The summed E-state index contributed by atoms with van der Waals surface area (Å²) in [5.41, 5.74) is 6.47. The van der Waals surface area contributed by atoms with Gasteiger partial charge in [-0.25, -0.2) is 4.39 Å². The lowest BCUT2D eigenvalue weighted by Crippen LogP contribution is -2.25. The Morgan fingerprint density at radius 1 is 1.10 bits per heavy atom. The predicted molar refractivity (Wildman–Crippen MR) is 144 cm³/mol. The van der Waals surface area contributed by atoms with Crippen LogP contribution in [0.2, 0.25) is 0 Å². The molecule has 0 radical (unpaired) electrons. The average Bonchev–Trinajstić information content (AvgIpc) is 3.47. The molecule has 0 aromatic heterocycles. The van der Waals surface area contributed by atoms with Crippen LogP contribution in [-0.4, -0.2) is 36.7 Å². The van der Waals surface area contributed by atoms with Gasteiger partial charge in [0.2, 0.25) is 5.91 Å². The number of nitrogens with one attached hydrogen (secondary N) is 1. The van der Waals surface area contributed by atoms with Gasteiger partial charge in [0.1, 0.15) is 35.8 Å². The number of benzene rings is 3. The standard InChI is InChI=1S/C31H32FNO6/c1-17-12-22(37-11-10-33-19(3)34)13-18(2)30(17)24-6-8-26(32)31-25(24)7-9-27(31)39-21-4-5-23-20(14-29(35)36)16-38-28(23)15-21/h4-6,8,12-13,15,20,27H,7,9-11,14,16H2,1-3H3,(H,33,34)(H,35,36)/t20-,27-/m1/s1. The Morgan fingerprint density at radius 3 is 2.59 bits per heavy atom. The van der Waals surface area contributed by atoms with Gasteiger partial charge in [0, 0.05) is 30.0 Å². The summed E-state index contributed by atoms with van der Waals surface area (Å²) in [6.45, 7) is 6.64. The van der Waals surface area contributed by atoms with Crippen LogP contribution < -0.4 is 19.5 Å². The molecule has 0 saturated heterocycles. The summed E-state index contributed by atoms with van der Waals surface area (Å²) < 4.78 is 33.0. The zero-order valence-electron chi connectivity index (χ0n) is 22.3. The minimum Gasteiger partial charge on any atom is -0.492 e. The largest absolute Gasteiger partial charge is 0.492 e. The summed E-state index contributed by atoms with van der Waals surface area (Å²) >= 11 is 0. The molecule has 5 rings (SSSR count). The Labute approximate surface area is 226 Å². The topological polar surface area (TPSA) is 94.1 Å². The van der Waals surface area contributed by atoms with Crippen LogP contribution in [-0.2, 0) is 16.0 Å². The normalized spacial score (nSPS) is 17.2. The van der Waals surface area contributed by atoms with Crippen LogP contribution in [0.1, 0.15) is 59.6 Å². The number of halogens is 1. The number of carboxylic acid groups (broad SMARTS) is 1. The number of hydrogen-bond acceptors (Lipinski definition) is 5. The van der Waals surface area contributed by atoms with Gasteiger partial charge in [-0.1, -0.05) is 12.1 Å². The fourth-order valence-corrected chi connectivity index (χ4v) is 5.73. The van der Waals surface area contributed by atoms with Gasteiger partial charge in [-0.3, -0.25) is 9.59 Å². The summed E-state index contributed by atoms with van der Waals surface area (Å²) in [6.07, 6.45) is 0.903. The highest BCUT2D eigenvalue weighted by atomic mass is 19.1. The van der Waals surface area contributed by atoms with E-state index in [-0.39, 0.29) is 24.1 Å². The number of carboxylic acids is 1. The van der Waals surface area contributed by atoms with E-state index in [0.29, 0.717) is 49.7 Å². The Balaban J connectivity index is 1.37. The van der Waals surface area contributed by atoms with Crippen molar-refractivity contribution in [1.82, 2.24) is 5.32 Å². The number of amides is 1. The first-order valence-electron chi connectivity index (χ1n) is 13.2. The first kappa shape index (κ1) is 26.5. The van der Waals surface area contributed by atoms with E-state index in [1.807, 2.05) is 38.1 Å². The van der Waals surface area contributed by atoms with Crippen molar-refractivity contribution in [3.05, 3.63) is 76.1 Å². The quantitative estimate of drug-likeness (QED) is 0.346. The van der Waals surface area contributed by atoms with Gasteiger partial charge in [0.05, 0.1) is 19.6 Å². The van der Waals surface area contributed by atoms with Crippen molar-refractivity contribution in [2.24, 2.45) is 0 Å². The third-order valence-electron chi connectivity index (χ3n) is 7.37. The monoisotopic (exact) mass is 533 g/mol. The molecule has 2 aliphatic rings. The Kier molecular flexibility index (Phi) is 7.46. The zero-order chi connectivity index (χ0) is 27.7. The highest BCUT2D eigenvalue weighted by molar-refractivity contribution is 5.76. The fraction of sp³-hybridized carbons (Fsp3) is 0.355. The third kappa shape index (κ3) is 5.55. The second-order valence-electron chi connectivity index (χ2n) is 10.2. The van der Waals surface area contributed by atoms with E-state index in [1.54, 1.807) is 12.1 Å². The lowest BCUT2D eigenvalue weighted by molar-refractivity contribution is -0.137. The van der Waals surface area contributed by atoms with E-state index in [4.69, 9.17) is 19.3 Å². The number of aryl methyl sites for hydroxylation is 2. The van der Waals surface area contributed by atoms with Crippen molar-refractivity contribution < 1.29 is 33.3 Å². The van der Waals surface area contributed by atoms with Gasteiger partial charge >= 0.3 is 5.97 Å². The lowest BCUT2D eigenvalue weighted by atomic mass is 9.90. The number of carbonyl (C=O) groups excluding carboxylic acids is 1. The SMILES string of the molecule is CC(=O)NCCOc1cc(C)c(-c2ccc(F)c3c2CC[C@H]3Oc2ccc3c(c2)OC[C@H]3CC(=O)O)c(C)c1. The molecule has 0 saturated carbocycles. The van der Waals surface area contributed by atoms with Crippen LogP contribution in [0, 0.1) is 19.7 Å². The van der Waals surface area contributed by atoms with Gasteiger partial charge < -0.3 is 24.6 Å². The highest BCUT2D eigenvalue weighted by Crippen LogP contribution is 2.45. The predicted octanol–water partition coefficient (Wildman–Crippen LogP) is 5.64. The summed E-state index contributed by atoms with van der Waals surface area (Å²) in [5.74, 6) is 0.492. The Morgan fingerprint density at radius 2 is 1.87 bits per heavy atom. The van der Waals surface area contributed by atoms with Crippen LogP contribution in [0.4, 0.5) is 4.39 Å². The first-order chi connectivity index (χ1) is 18.7. The summed E-state index contributed by atoms with van der Waals surface area (Å²) in [4.78, 5) is 22.2. The molecule has 2 atom stereocenters. The van der Waals surface area contributed by atoms with Crippen LogP contribution in [0.3, 0.4) is 0 Å². The van der Waals surface area contributed by atoms with Gasteiger partial charge in [-0.05, 0) is 78.8 Å². The maximum absolute atomic E-state index is 15.2.